The van der Waals surface area contributed by atoms with Crippen LogP contribution in [-0.2, 0) is 30.7 Å². The van der Waals surface area contributed by atoms with E-state index in [0.29, 0.717) is 43.6 Å². The molecule has 0 aliphatic heterocycles. The van der Waals surface area contributed by atoms with E-state index in [9.17, 15) is 27.5 Å². The average Bonchev–Trinajstić information content (AvgIpc) is 3.65. The third-order valence-electron chi connectivity index (χ3n) is 9.41. The quantitative estimate of drug-likeness (QED) is 0.0823. The third kappa shape index (κ3) is 6.58. The number of anilines is 1. The van der Waals surface area contributed by atoms with Crippen molar-refractivity contribution in [3.05, 3.63) is 105 Å². The molecular formula is C38H32ClF6N7O2. The molecule has 9 nitrogen and oxygen atoms in total. The lowest BCUT2D eigenvalue weighted by Crippen LogP contribution is -2.35. The summed E-state index contributed by atoms with van der Waals surface area (Å²) in [7, 11) is 3.37. The molecule has 0 saturated heterocycles. The van der Waals surface area contributed by atoms with E-state index in [2.05, 4.69) is 32.7 Å². The van der Waals surface area contributed by atoms with Crippen LogP contribution in [-0.4, -0.2) is 48.2 Å². The minimum atomic E-state index is -3.56. The van der Waals surface area contributed by atoms with Crippen LogP contribution in [0, 0.1) is 29.4 Å². The molecule has 5 aromatic rings. The Labute approximate surface area is 310 Å². The molecule has 3 atom stereocenters. The van der Waals surface area contributed by atoms with Crippen molar-refractivity contribution in [1.29, 1.82) is 0 Å². The number of pyridine rings is 1. The zero-order valence-corrected chi connectivity index (χ0v) is 29.9. The van der Waals surface area contributed by atoms with E-state index < -0.39 is 71.3 Å². The van der Waals surface area contributed by atoms with Crippen molar-refractivity contribution in [1.82, 2.24) is 29.9 Å². The van der Waals surface area contributed by atoms with Crippen LogP contribution < -0.4 is 10.6 Å². The molecule has 2 aromatic carbocycles. The van der Waals surface area contributed by atoms with Gasteiger partial charge in [-0.15, -0.1) is 0 Å². The number of alkyl halides is 4. The van der Waals surface area contributed by atoms with E-state index in [1.807, 2.05) is 0 Å². The molecule has 16 heteroatoms. The number of nitrogens with one attached hydrogen (secondary N) is 2. The zero-order valence-electron chi connectivity index (χ0n) is 29.2. The average molecular weight is 768 g/mol. The van der Waals surface area contributed by atoms with Gasteiger partial charge in [-0.2, -0.15) is 19.0 Å². The molecule has 3 N–H and O–H groups in total. The van der Waals surface area contributed by atoms with E-state index in [4.69, 9.17) is 16.6 Å². The van der Waals surface area contributed by atoms with Gasteiger partial charge in [0.2, 0.25) is 5.91 Å². The SMILES string of the molecule is CNc1nn(C)c2c(-c3ccc(C#CC(C)(C)O)nc3[C@H](Cc3cc(F)cc(F)c3)NC(=O)Cn3nc(C(F)F)c4c3C(F)(F)[C@@H]3C=C[C@H]43)ccc(Cl)c12. The predicted octanol–water partition coefficient (Wildman–Crippen LogP) is 7.34. The zero-order chi connectivity index (χ0) is 38.9. The van der Waals surface area contributed by atoms with Crippen molar-refractivity contribution < 1.29 is 36.2 Å². The van der Waals surface area contributed by atoms with E-state index in [1.54, 1.807) is 43.0 Å². The van der Waals surface area contributed by atoms with Gasteiger partial charge in [0.1, 0.15) is 40.9 Å². The van der Waals surface area contributed by atoms with Crippen LogP contribution in [0.25, 0.3) is 22.0 Å². The molecule has 0 bridgehead atoms. The highest BCUT2D eigenvalue weighted by atomic mass is 35.5. The van der Waals surface area contributed by atoms with Gasteiger partial charge in [-0.25, -0.2) is 22.5 Å². The number of nitrogens with zero attached hydrogens (tertiary/aromatic N) is 5. The topological polar surface area (TPSA) is 110 Å². The van der Waals surface area contributed by atoms with Gasteiger partial charge in [-0.1, -0.05) is 35.7 Å². The fourth-order valence-electron chi connectivity index (χ4n) is 7.15. The minimum Gasteiger partial charge on any atom is -0.378 e. The van der Waals surface area contributed by atoms with Crippen molar-refractivity contribution in [2.45, 2.75) is 56.7 Å². The lowest BCUT2D eigenvalue weighted by molar-refractivity contribution is -0.123. The Balaban J connectivity index is 1.38. The summed E-state index contributed by atoms with van der Waals surface area (Å²) in [4.78, 5) is 18.7. The van der Waals surface area contributed by atoms with Crippen LogP contribution in [0.3, 0.4) is 0 Å². The monoisotopic (exact) mass is 767 g/mol. The molecule has 7 rings (SSSR count). The summed E-state index contributed by atoms with van der Waals surface area (Å²) in [6.07, 6.45) is -0.785. The van der Waals surface area contributed by atoms with Crippen LogP contribution in [0.5, 0.6) is 0 Å². The van der Waals surface area contributed by atoms with Gasteiger partial charge in [0.05, 0.1) is 33.6 Å². The number of fused-ring (bicyclic) bond motifs is 4. The van der Waals surface area contributed by atoms with E-state index in [1.165, 1.54) is 26.0 Å². The lowest BCUT2D eigenvalue weighted by Gasteiger charge is -2.27. The number of carbonyl (C=O) groups excluding carboxylic acids is 1. The van der Waals surface area contributed by atoms with Crippen LogP contribution in [0.2, 0.25) is 5.02 Å². The van der Waals surface area contributed by atoms with Gasteiger partial charge in [0.15, 0.2) is 5.82 Å². The summed E-state index contributed by atoms with van der Waals surface area (Å²) < 4.78 is 90.5. The first-order chi connectivity index (χ1) is 25.5. The number of aliphatic hydroxyl groups is 1. The molecule has 3 aromatic heterocycles. The Hall–Kier alpha value is -5.33. The predicted molar refractivity (Wildman–Crippen MR) is 189 cm³/mol. The highest BCUT2D eigenvalue weighted by Gasteiger charge is 2.60. The Kier molecular flexibility index (Phi) is 9.26. The number of hydrogen-bond donors (Lipinski definition) is 3. The minimum absolute atomic E-state index is 0.104. The summed E-state index contributed by atoms with van der Waals surface area (Å²) in [6.45, 7) is 2.06. The largest absolute Gasteiger partial charge is 0.378 e. The summed E-state index contributed by atoms with van der Waals surface area (Å²) >= 11 is 6.62. The fraction of sp³-hybridized carbons (Fsp3) is 0.316. The molecule has 0 saturated carbocycles. The van der Waals surface area contributed by atoms with Crippen molar-refractivity contribution in [2.24, 2.45) is 13.0 Å². The van der Waals surface area contributed by atoms with Crippen molar-refractivity contribution in [3.8, 4) is 23.0 Å². The molecule has 0 unspecified atom stereocenters. The fourth-order valence-corrected chi connectivity index (χ4v) is 7.39. The highest BCUT2D eigenvalue weighted by Crippen LogP contribution is 2.60. The first kappa shape index (κ1) is 37.0. The van der Waals surface area contributed by atoms with E-state index in [-0.39, 0.29) is 28.9 Å². The van der Waals surface area contributed by atoms with Crippen molar-refractivity contribution in [2.75, 3.05) is 12.4 Å². The standard InChI is InChI=1S/C38H32ClF6N7O2/c1-37(2,54)12-11-21-5-6-22(23-8-10-26(39)30-33(23)51(4)50-36(30)46-3)31(47-21)27(15-18-13-19(40)16-20(41)14-18)48-28(53)17-52-34-29(32(49-52)35(42)43)24-7-9-25(24)38(34,44)45/h5-10,13-14,16,24-25,27,35,54H,15,17H2,1-4H3,(H,46,50)(H,48,53)/t24-,25+,27-/m0/s1. The first-order valence-corrected chi connectivity index (χ1v) is 17.1. The van der Waals surface area contributed by atoms with Crippen LogP contribution in [0.1, 0.15) is 66.1 Å². The second kappa shape index (κ2) is 13.5. The highest BCUT2D eigenvalue weighted by molar-refractivity contribution is 6.37. The van der Waals surface area contributed by atoms with Gasteiger partial charge < -0.3 is 15.7 Å². The molecule has 0 spiro atoms. The van der Waals surface area contributed by atoms with Crippen LogP contribution in [0.15, 0.2) is 54.6 Å². The van der Waals surface area contributed by atoms with Crippen LogP contribution in [0.4, 0.5) is 32.2 Å². The summed E-state index contributed by atoms with van der Waals surface area (Å²) in [5, 5.41) is 25.3. The molecule has 0 fully saturated rings. The number of benzene rings is 2. The number of allylic oxidation sites excluding steroid dienone is 2. The van der Waals surface area contributed by atoms with Gasteiger partial charge in [-0.05, 0) is 62.1 Å². The number of aromatic nitrogens is 5. The molecule has 3 heterocycles. The van der Waals surface area contributed by atoms with E-state index in [0.717, 1.165) is 12.1 Å². The number of halogens is 7. The maximum absolute atomic E-state index is 15.5. The van der Waals surface area contributed by atoms with Gasteiger partial charge >= 0.3 is 0 Å². The van der Waals surface area contributed by atoms with Crippen LogP contribution >= 0.6 is 11.6 Å². The number of carbonyl (C=O) groups is 1. The number of hydrogen-bond acceptors (Lipinski definition) is 6. The lowest BCUT2D eigenvalue weighted by atomic mass is 9.81. The van der Waals surface area contributed by atoms with Crippen molar-refractivity contribution in [3.63, 3.8) is 0 Å². The maximum Gasteiger partial charge on any atom is 0.296 e. The molecule has 2 aliphatic carbocycles. The van der Waals surface area contributed by atoms with Gasteiger partial charge in [0.25, 0.3) is 12.3 Å². The smallest absolute Gasteiger partial charge is 0.296 e. The second-order valence-corrected chi connectivity index (χ2v) is 14.2. The second-order valence-electron chi connectivity index (χ2n) is 13.7. The molecule has 2 aliphatic rings. The number of amides is 1. The van der Waals surface area contributed by atoms with Gasteiger partial charge in [-0.3, -0.25) is 14.2 Å². The van der Waals surface area contributed by atoms with Crippen molar-refractivity contribution >= 4 is 34.2 Å². The molecule has 54 heavy (non-hydrogen) atoms. The molecular weight excluding hydrogens is 736 g/mol. The van der Waals surface area contributed by atoms with Gasteiger partial charge in [0, 0.05) is 42.8 Å². The Morgan fingerprint density at radius 1 is 1.06 bits per heavy atom. The summed E-state index contributed by atoms with van der Waals surface area (Å²) in [6, 6.07) is 8.19. The Morgan fingerprint density at radius 2 is 1.76 bits per heavy atom. The summed E-state index contributed by atoms with van der Waals surface area (Å²) in [5.74, 6) is -2.61. The Bertz CT molecular complexity index is 2400. The maximum atomic E-state index is 15.5. The molecule has 280 valence electrons. The number of rotatable bonds is 9. The third-order valence-corrected chi connectivity index (χ3v) is 9.73. The van der Waals surface area contributed by atoms with E-state index >= 15 is 8.78 Å². The number of aryl methyl sites for hydroxylation is 1. The summed E-state index contributed by atoms with van der Waals surface area (Å²) in [5.41, 5.74) is -1.40. The Morgan fingerprint density at radius 3 is 2.39 bits per heavy atom. The normalized spacial score (nSPS) is 17.5. The first-order valence-electron chi connectivity index (χ1n) is 16.8. The molecule has 1 amide bonds. The molecule has 0 radical (unpaired) electrons.